The molecule has 45 heavy (non-hydrogen) atoms. The molecule has 9 nitrogen and oxygen atoms in total. The fraction of sp³-hybridized carbons (Fsp3) is 0.529. The number of benzene rings is 2. The number of carbonyl (C=O) groups excluding carboxylic acids is 2. The van der Waals surface area contributed by atoms with Crippen molar-refractivity contribution in [2.24, 2.45) is 5.92 Å². The third kappa shape index (κ3) is 7.53. The fourth-order valence-corrected chi connectivity index (χ4v) is 7.27. The van der Waals surface area contributed by atoms with Crippen LogP contribution in [0.3, 0.4) is 0 Å². The summed E-state index contributed by atoms with van der Waals surface area (Å²) in [6.07, 6.45) is 4.20. The first kappa shape index (κ1) is 31.6. The van der Waals surface area contributed by atoms with Crippen LogP contribution in [0.2, 0.25) is 0 Å². The van der Waals surface area contributed by atoms with Crippen molar-refractivity contribution in [1.29, 1.82) is 0 Å². The van der Waals surface area contributed by atoms with E-state index in [1.807, 2.05) is 31.2 Å². The largest absolute Gasteiger partial charge is 0.457 e. The van der Waals surface area contributed by atoms with Crippen molar-refractivity contribution in [3.63, 3.8) is 0 Å². The summed E-state index contributed by atoms with van der Waals surface area (Å²) in [5, 5.41) is 13.5. The fourth-order valence-electron chi connectivity index (χ4n) is 6.41. The van der Waals surface area contributed by atoms with E-state index in [2.05, 4.69) is 34.3 Å². The molecule has 1 atom stereocenters. The molecule has 0 radical (unpaired) electrons. The monoisotopic (exact) mass is 635 g/mol. The Morgan fingerprint density at radius 2 is 1.84 bits per heavy atom. The number of carbonyl (C=O) groups is 2. The van der Waals surface area contributed by atoms with E-state index >= 15 is 4.39 Å². The van der Waals surface area contributed by atoms with E-state index in [9.17, 15) is 9.59 Å². The SMILES string of the molecule is CC(C)c1nnc(-c2ccc(Oc3cc(C(=O)NC4CCN(C5CCOCC5)CC4)c(F)cc3CN3C[C@@H](C)CC3=O)cc2)s1. The van der Waals surface area contributed by atoms with Crippen molar-refractivity contribution in [3.05, 3.63) is 58.3 Å². The average molecular weight is 636 g/mol. The van der Waals surface area contributed by atoms with Crippen molar-refractivity contribution in [3.8, 4) is 22.1 Å². The van der Waals surface area contributed by atoms with Gasteiger partial charge in [-0.3, -0.25) is 9.59 Å². The van der Waals surface area contributed by atoms with Crippen LogP contribution < -0.4 is 10.1 Å². The highest BCUT2D eigenvalue weighted by Gasteiger charge is 2.30. The molecule has 0 bridgehead atoms. The molecule has 3 aliphatic heterocycles. The van der Waals surface area contributed by atoms with Gasteiger partial charge in [-0.2, -0.15) is 0 Å². The Balaban J connectivity index is 1.19. The number of nitrogens with zero attached hydrogens (tertiary/aromatic N) is 4. The van der Waals surface area contributed by atoms with E-state index in [4.69, 9.17) is 9.47 Å². The Bertz CT molecular complexity index is 1500. The lowest BCUT2D eigenvalue weighted by Gasteiger charge is -2.39. The van der Waals surface area contributed by atoms with Crippen LogP contribution in [0.5, 0.6) is 11.5 Å². The van der Waals surface area contributed by atoms with Gasteiger partial charge >= 0.3 is 0 Å². The smallest absolute Gasteiger partial charge is 0.254 e. The molecule has 1 aromatic heterocycles. The van der Waals surface area contributed by atoms with Gasteiger partial charge in [0.25, 0.3) is 5.91 Å². The molecule has 2 aromatic carbocycles. The predicted octanol–water partition coefficient (Wildman–Crippen LogP) is 6.00. The first-order valence-corrected chi connectivity index (χ1v) is 16.9. The number of rotatable bonds is 9. The number of halogens is 1. The molecule has 0 aliphatic carbocycles. The number of piperidine rings is 1. The van der Waals surface area contributed by atoms with Gasteiger partial charge in [-0.15, -0.1) is 10.2 Å². The summed E-state index contributed by atoms with van der Waals surface area (Å²) in [7, 11) is 0. The summed E-state index contributed by atoms with van der Waals surface area (Å²) in [6, 6.07) is 10.8. The molecule has 0 unspecified atom stereocenters. The van der Waals surface area contributed by atoms with Crippen LogP contribution >= 0.6 is 11.3 Å². The van der Waals surface area contributed by atoms with Gasteiger partial charge in [-0.05, 0) is 68.0 Å². The number of aromatic nitrogens is 2. The molecule has 0 spiro atoms. The Hall–Kier alpha value is -3.41. The molecular formula is C34H42FN5O4S. The van der Waals surface area contributed by atoms with Gasteiger partial charge in [0.05, 0.1) is 5.56 Å². The highest BCUT2D eigenvalue weighted by molar-refractivity contribution is 7.14. The van der Waals surface area contributed by atoms with Crippen LogP contribution in [-0.2, 0) is 16.1 Å². The Morgan fingerprint density at radius 3 is 2.49 bits per heavy atom. The molecule has 240 valence electrons. The summed E-state index contributed by atoms with van der Waals surface area (Å²) in [5.41, 5.74) is 1.38. The Labute approximate surface area is 268 Å². The number of hydrogen-bond donors (Lipinski definition) is 1. The molecule has 6 rings (SSSR count). The minimum Gasteiger partial charge on any atom is -0.457 e. The maximum atomic E-state index is 15.6. The first-order chi connectivity index (χ1) is 21.7. The summed E-state index contributed by atoms with van der Waals surface area (Å²) in [5.74, 6) is 0.386. The zero-order chi connectivity index (χ0) is 31.5. The molecule has 3 saturated heterocycles. The molecule has 4 heterocycles. The molecule has 3 fully saturated rings. The number of hydrogen-bond acceptors (Lipinski definition) is 8. The van der Waals surface area contributed by atoms with Crippen LogP contribution in [0.1, 0.15) is 79.7 Å². The van der Waals surface area contributed by atoms with Crippen molar-refractivity contribution < 1.29 is 23.5 Å². The second-order valence-electron chi connectivity index (χ2n) is 12.9. The lowest BCUT2D eigenvalue weighted by molar-refractivity contribution is -0.128. The third-order valence-corrected chi connectivity index (χ3v) is 10.3. The normalized spacial score (nSPS) is 20.2. The lowest BCUT2D eigenvalue weighted by atomic mass is 9.99. The maximum Gasteiger partial charge on any atom is 0.254 e. The maximum absolute atomic E-state index is 15.6. The highest BCUT2D eigenvalue weighted by Crippen LogP contribution is 2.34. The quantitative estimate of drug-likeness (QED) is 0.308. The minimum absolute atomic E-state index is 0.0233. The van der Waals surface area contributed by atoms with E-state index in [-0.39, 0.29) is 30.0 Å². The predicted molar refractivity (Wildman–Crippen MR) is 171 cm³/mol. The van der Waals surface area contributed by atoms with Crippen LogP contribution in [-0.4, -0.2) is 76.7 Å². The number of ether oxygens (including phenoxy) is 2. The van der Waals surface area contributed by atoms with E-state index in [0.717, 1.165) is 67.6 Å². The van der Waals surface area contributed by atoms with E-state index in [0.29, 0.717) is 42.0 Å². The van der Waals surface area contributed by atoms with E-state index in [1.165, 1.54) is 12.1 Å². The molecular weight excluding hydrogens is 593 g/mol. The second-order valence-corrected chi connectivity index (χ2v) is 13.9. The van der Waals surface area contributed by atoms with Gasteiger partial charge < -0.3 is 24.6 Å². The van der Waals surface area contributed by atoms with Crippen molar-refractivity contribution in [2.75, 3.05) is 32.8 Å². The topological polar surface area (TPSA) is 96.9 Å². The molecule has 3 aliphatic rings. The van der Waals surface area contributed by atoms with Crippen LogP contribution in [0.15, 0.2) is 36.4 Å². The molecule has 11 heteroatoms. The summed E-state index contributed by atoms with van der Waals surface area (Å²) < 4.78 is 27.4. The van der Waals surface area contributed by atoms with Crippen molar-refractivity contribution in [1.82, 2.24) is 25.3 Å². The highest BCUT2D eigenvalue weighted by atomic mass is 32.1. The zero-order valence-corrected chi connectivity index (χ0v) is 27.1. The van der Waals surface area contributed by atoms with Gasteiger partial charge in [-0.1, -0.05) is 32.1 Å². The van der Waals surface area contributed by atoms with Crippen LogP contribution in [0.25, 0.3) is 10.6 Å². The molecule has 2 amide bonds. The molecule has 0 saturated carbocycles. The van der Waals surface area contributed by atoms with Gasteiger partial charge in [0.15, 0.2) is 0 Å². The van der Waals surface area contributed by atoms with Gasteiger partial charge in [0.2, 0.25) is 5.91 Å². The lowest BCUT2D eigenvalue weighted by Crippen LogP contribution is -2.49. The van der Waals surface area contributed by atoms with Gasteiger partial charge in [0.1, 0.15) is 27.3 Å². The third-order valence-electron chi connectivity index (χ3n) is 9.00. The Kier molecular flexibility index (Phi) is 9.77. The average Bonchev–Trinajstić information content (AvgIpc) is 3.66. The summed E-state index contributed by atoms with van der Waals surface area (Å²) in [4.78, 5) is 30.2. The number of amides is 2. The Morgan fingerprint density at radius 1 is 1.11 bits per heavy atom. The molecule has 1 N–H and O–H groups in total. The van der Waals surface area contributed by atoms with Crippen LogP contribution in [0.4, 0.5) is 4.39 Å². The number of nitrogens with one attached hydrogen (secondary N) is 1. The zero-order valence-electron chi connectivity index (χ0n) is 26.3. The van der Waals surface area contributed by atoms with E-state index in [1.54, 1.807) is 16.2 Å². The first-order valence-electron chi connectivity index (χ1n) is 16.1. The standard InChI is InChI=1S/C34H42FN5O4S/c1-21(2)33-37-38-34(45-33)23-4-6-27(7-5-23)44-30-18-28(29(35)17-24(30)20-40-19-22(3)16-31(40)41)32(42)36-25-8-12-39(13-9-25)26-10-14-43-15-11-26/h4-7,17-18,21-22,25-26H,8-16,19-20H2,1-3H3,(H,36,42)/t22-/m0/s1. The van der Waals surface area contributed by atoms with Gasteiger partial charge in [0, 0.05) is 74.9 Å². The van der Waals surface area contributed by atoms with Crippen molar-refractivity contribution in [2.45, 2.75) is 77.4 Å². The van der Waals surface area contributed by atoms with Crippen molar-refractivity contribution >= 4 is 23.2 Å². The molecule has 3 aromatic rings. The van der Waals surface area contributed by atoms with Gasteiger partial charge in [-0.25, -0.2) is 4.39 Å². The number of likely N-dealkylation sites (tertiary alicyclic amines) is 2. The minimum atomic E-state index is -0.623. The van der Waals surface area contributed by atoms with E-state index < -0.39 is 11.7 Å². The van der Waals surface area contributed by atoms with Crippen LogP contribution in [0, 0.1) is 11.7 Å². The second kappa shape index (κ2) is 13.9. The summed E-state index contributed by atoms with van der Waals surface area (Å²) >= 11 is 1.56. The summed E-state index contributed by atoms with van der Waals surface area (Å²) in [6.45, 7) is 10.4.